The van der Waals surface area contributed by atoms with E-state index in [-0.39, 0.29) is 0 Å². The average Bonchev–Trinajstić information content (AvgIpc) is 2.35. The Morgan fingerprint density at radius 3 is 2.75 bits per heavy atom. The third kappa shape index (κ3) is 3.00. The first kappa shape index (κ1) is 9.19. The molecule has 1 aromatic heterocycles. The molecule has 0 aromatic carbocycles. The van der Waals surface area contributed by atoms with Crippen LogP contribution in [0.25, 0.3) is 0 Å². The van der Waals surface area contributed by atoms with Gasteiger partial charge in [0.1, 0.15) is 0 Å². The Morgan fingerprint density at radius 2 is 2.25 bits per heavy atom. The highest BCUT2D eigenvalue weighted by Crippen LogP contribution is 1.94. The lowest BCUT2D eigenvalue weighted by Crippen LogP contribution is -2.19. The van der Waals surface area contributed by atoms with Crippen LogP contribution in [0.3, 0.4) is 0 Å². The van der Waals surface area contributed by atoms with E-state index in [4.69, 9.17) is 4.52 Å². The monoisotopic (exact) mass is 169 g/mol. The van der Waals surface area contributed by atoms with Crippen LogP contribution in [-0.4, -0.2) is 16.7 Å². The minimum absolute atomic E-state index is 0.622. The van der Waals surface area contributed by atoms with Crippen LogP contribution >= 0.6 is 0 Å². The molecule has 0 unspecified atom stereocenters. The summed E-state index contributed by atoms with van der Waals surface area (Å²) in [5.74, 6) is 2.00. The van der Waals surface area contributed by atoms with Crippen molar-refractivity contribution in [1.82, 2.24) is 15.5 Å². The lowest BCUT2D eigenvalue weighted by Gasteiger charge is -2.03. The zero-order valence-electron chi connectivity index (χ0n) is 7.79. The molecule has 1 rings (SSSR count). The number of nitrogens with one attached hydrogen (secondary N) is 1. The third-order valence-corrected chi connectivity index (χ3v) is 1.41. The fraction of sp³-hybridized carbons (Fsp3) is 0.750. The van der Waals surface area contributed by atoms with E-state index in [9.17, 15) is 0 Å². The van der Waals surface area contributed by atoms with Crippen LogP contribution in [0, 0.1) is 12.8 Å². The lowest BCUT2D eigenvalue weighted by molar-refractivity contribution is 0.384. The van der Waals surface area contributed by atoms with Crippen molar-refractivity contribution < 1.29 is 4.52 Å². The summed E-state index contributed by atoms with van der Waals surface area (Å²) >= 11 is 0. The van der Waals surface area contributed by atoms with E-state index in [0.29, 0.717) is 18.4 Å². The van der Waals surface area contributed by atoms with Gasteiger partial charge in [0.05, 0.1) is 6.54 Å². The summed E-state index contributed by atoms with van der Waals surface area (Å²) in [6, 6.07) is 0. The van der Waals surface area contributed by atoms with Gasteiger partial charge in [-0.25, -0.2) is 0 Å². The summed E-state index contributed by atoms with van der Waals surface area (Å²) < 4.78 is 4.82. The van der Waals surface area contributed by atoms with E-state index in [1.54, 1.807) is 6.92 Å². The molecule has 0 fully saturated rings. The van der Waals surface area contributed by atoms with Gasteiger partial charge in [-0.2, -0.15) is 4.98 Å². The van der Waals surface area contributed by atoms with E-state index in [1.165, 1.54) is 0 Å². The molecule has 4 heteroatoms. The van der Waals surface area contributed by atoms with Crippen LogP contribution in [0.1, 0.15) is 25.6 Å². The molecule has 0 radical (unpaired) electrons. The summed E-state index contributed by atoms with van der Waals surface area (Å²) in [6.07, 6.45) is 0. The maximum Gasteiger partial charge on any atom is 0.223 e. The predicted molar refractivity (Wildman–Crippen MR) is 45.6 cm³/mol. The third-order valence-electron chi connectivity index (χ3n) is 1.41. The molecular weight excluding hydrogens is 154 g/mol. The van der Waals surface area contributed by atoms with Crippen LogP contribution in [0.5, 0.6) is 0 Å². The van der Waals surface area contributed by atoms with E-state index in [1.807, 2.05) is 0 Å². The normalized spacial score (nSPS) is 11.0. The number of rotatable bonds is 4. The van der Waals surface area contributed by atoms with Crippen molar-refractivity contribution in [3.05, 3.63) is 11.7 Å². The zero-order valence-corrected chi connectivity index (χ0v) is 7.79. The Morgan fingerprint density at radius 1 is 1.50 bits per heavy atom. The molecule has 0 amide bonds. The Bertz CT molecular complexity index is 232. The number of aryl methyl sites for hydroxylation is 1. The molecule has 0 saturated carbocycles. The summed E-state index contributed by atoms with van der Waals surface area (Å²) in [7, 11) is 0. The van der Waals surface area contributed by atoms with Gasteiger partial charge in [-0.3, -0.25) is 0 Å². The molecule has 0 bridgehead atoms. The van der Waals surface area contributed by atoms with Gasteiger partial charge in [-0.1, -0.05) is 19.0 Å². The fourth-order valence-corrected chi connectivity index (χ4v) is 0.886. The summed E-state index contributed by atoms with van der Waals surface area (Å²) in [5, 5.41) is 6.99. The molecule has 12 heavy (non-hydrogen) atoms. The van der Waals surface area contributed by atoms with Crippen LogP contribution in [0.2, 0.25) is 0 Å². The Labute approximate surface area is 72.4 Å². The topological polar surface area (TPSA) is 51.0 Å². The Balaban J connectivity index is 2.24. The lowest BCUT2D eigenvalue weighted by atomic mass is 10.2. The molecule has 0 spiro atoms. The van der Waals surface area contributed by atoms with Crippen molar-refractivity contribution in [2.75, 3.05) is 6.54 Å². The van der Waals surface area contributed by atoms with Crippen molar-refractivity contribution in [2.24, 2.45) is 5.92 Å². The zero-order chi connectivity index (χ0) is 8.97. The van der Waals surface area contributed by atoms with E-state index >= 15 is 0 Å². The second-order valence-electron chi connectivity index (χ2n) is 3.25. The summed E-state index contributed by atoms with van der Waals surface area (Å²) in [5.41, 5.74) is 0. The first-order valence-corrected chi connectivity index (χ1v) is 4.18. The highest BCUT2D eigenvalue weighted by atomic mass is 16.5. The standard InChI is InChI=1S/C8H15N3O/c1-6(2)4-9-5-8-10-7(3)12-11-8/h6,9H,4-5H2,1-3H3. The number of hydrogen-bond donors (Lipinski definition) is 1. The molecule has 1 N–H and O–H groups in total. The predicted octanol–water partition coefficient (Wildman–Crippen LogP) is 1.12. The minimum Gasteiger partial charge on any atom is -0.340 e. The largest absolute Gasteiger partial charge is 0.340 e. The van der Waals surface area contributed by atoms with E-state index in [0.717, 1.165) is 12.4 Å². The molecule has 0 aliphatic carbocycles. The van der Waals surface area contributed by atoms with Gasteiger partial charge in [-0.15, -0.1) is 0 Å². The van der Waals surface area contributed by atoms with Crippen molar-refractivity contribution in [3.8, 4) is 0 Å². The molecule has 0 aliphatic heterocycles. The molecule has 1 aromatic rings. The summed E-state index contributed by atoms with van der Waals surface area (Å²) in [4.78, 5) is 4.07. The molecule has 1 heterocycles. The van der Waals surface area contributed by atoms with Crippen LogP contribution < -0.4 is 5.32 Å². The van der Waals surface area contributed by atoms with Gasteiger partial charge in [0.25, 0.3) is 0 Å². The first-order valence-electron chi connectivity index (χ1n) is 4.18. The average molecular weight is 169 g/mol. The summed E-state index contributed by atoms with van der Waals surface area (Å²) in [6.45, 7) is 7.78. The quantitative estimate of drug-likeness (QED) is 0.734. The maximum atomic E-state index is 4.82. The van der Waals surface area contributed by atoms with E-state index in [2.05, 4.69) is 29.3 Å². The van der Waals surface area contributed by atoms with Gasteiger partial charge in [-0.05, 0) is 12.5 Å². The maximum absolute atomic E-state index is 4.82. The second kappa shape index (κ2) is 4.21. The molecule has 68 valence electrons. The van der Waals surface area contributed by atoms with Crippen molar-refractivity contribution in [1.29, 1.82) is 0 Å². The molecule has 0 aliphatic rings. The number of hydrogen-bond acceptors (Lipinski definition) is 4. The van der Waals surface area contributed by atoms with Gasteiger partial charge in [0.15, 0.2) is 5.82 Å². The first-order chi connectivity index (χ1) is 5.68. The van der Waals surface area contributed by atoms with Crippen LogP contribution in [-0.2, 0) is 6.54 Å². The highest BCUT2D eigenvalue weighted by Gasteiger charge is 2.00. The van der Waals surface area contributed by atoms with Crippen LogP contribution in [0.4, 0.5) is 0 Å². The second-order valence-corrected chi connectivity index (χ2v) is 3.25. The molecule has 0 atom stereocenters. The number of nitrogens with zero attached hydrogens (tertiary/aromatic N) is 2. The molecule has 4 nitrogen and oxygen atoms in total. The van der Waals surface area contributed by atoms with Gasteiger partial charge < -0.3 is 9.84 Å². The van der Waals surface area contributed by atoms with Crippen LogP contribution in [0.15, 0.2) is 4.52 Å². The Hall–Kier alpha value is -0.900. The molecular formula is C8H15N3O. The van der Waals surface area contributed by atoms with Gasteiger partial charge >= 0.3 is 0 Å². The highest BCUT2D eigenvalue weighted by molar-refractivity contribution is 4.82. The van der Waals surface area contributed by atoms with E-state index < -0.39 is 0 Å². The minimum atomic E-state index is 0.622. The smallest absolute Gasteiger partial charge is 0.223 e. The SMILES string of the molecule is Cc1nc(CNCC(C)C)no1. The Kier molecular flexibility index (Phi) is 3.22. The van der Waals surface area contributed by atoms with Crippen molar-refractivity contribution in [3.63, 3.8) is 0 Å². The molecule has 0 saturated heterocycles. The van der Waals surface area contributed by atoms with Gasteiger partial charge in [0.2, 0.25) is 5.89 Å². The van der Waals surface area contributed by atoms with Crippen molar-refractivity contribution >= 4 is 0 Å². The van der Waals surface area contributed by atoms with Gasteiger partial charge in [0, 0.05) is 6.92 Å². The fourth-order valence-electron chi connectivity index (χ4n) is 0.886. The number of aromatic nitrogens is 2. The van der Waals surface area contributed by atoms with Crippen molar-refractivity contribution in [2.45, 2.75) is 27.3 Å².